The summed E-state index contributed by atoms with van der Waals surface area (Å²) in [6.45, 7) is 2.88. The van der Waals surface area contributed by atoms with Crippen LogP contribution in [-0.2, 0) is 17.7 Å². The van der Waals surface area contributed by atoms with Gasteiger partial charge < -0.3 is 14.0 Å². The number of hydrogen-bond donors (Lipinski definition) is 0. The highest BCUT2D eigenvalue weighted by molar-refractivity contribution is 5.98. The maximum Gasteiger partial charge on any atom is 0.338 e. The number of fused-ring (bicyclic) bond motifs is 1. The van der Waals surface area contributed by atoms with Gasteiger partial charge in [0, 0.05) is 17.6 Å². The van der Waals surface area contributed by atoms with Gasteiger partial charge in [0.05, 0.1) is 25.3 Å². The third-order valence-corrected chi connectivity index (χ3v) is 4.26. The minimum absolute atomic E-state index is 0.360. The maximum absolute atomic E-state index is 12.0. The fourth-order valence-corrected chi connectivity index (χ4v) is 3.03. The molecule has 0 aliphatic carbocycles. The first-order valence-corrected chi connectivity index (χ1v) is 8.00. The van der Waals surface area contributed by atoms with Gasteiger partial charge in [-0.1, -0.05) is 37.3 Å². The molecular weight excluding hydrogens is 302 g/mol. The van der Waals surface area contributed by atoms with Crippen LogP contribution in [0.2, 0.25) is 0 Å². The number of aromatic nitrogens is 1. The molecule has 0 radical (unpaired) electrons. The number of aryl methyl sites for hydroxylation is 1. The van der Waals surface area contributed by atoms with E-state index < -0.39 is 0 Å². The van der Waals surface area contributed by atoms with Crippen LogP contribution in [-0.4, -0.2) is 24.8 Å². The van der Waals surface area contributed by atoms with Crippen LogP contribution in [0.3, 0.4) is 0 Å². The summed E-state index contributed by atoms with van der Waals surface area (Å²) >= 11 is 0. The van der Waals surface area contributed by atoms with Crippen LogP contribution in [0, 0.1) is 0 Å². The fraction of sp³-hybridized carbons (Fsp3) is 0.250. The van der Waals surface area contributed by atoms with Crippen molar-refractivity contribution in [2.24, 2.45) is 0 Å². The Morgan fingerprint density at radius 3 is 2.46 bits per heavy atom. The molecule has 1 aromatic heterocycles. The summed E-state index contributed by atoms with van der Waals surface area (Å²) in [5, 5.41) is 1.01. The normalized spacial score (nSPS) is 10.8. The molecule has 24 heavy (non-hydrogen) atoms. The summed E-state index contributed by atoms with van der Waals surface area (Å²) in [5.41, 5.74) is 3.90. The van der Waals surface area contributed by atoms with Gasteiger partial charge in [0.1, 0.15) is 5.75 Å². The summed E-state index contributed by atoms with van der Waals surface area (Å²) in [6.07, 6.45) is 0.901. The van der Waals surface area contributed by atoms with E-state index >= 15 is 0 Å². The number of carbonyl (C=O) groups is 1. The van der Waals surface area contributed by atoms with Crippen LogP contribution in [0.5, 0.6) is 5.75 Å². The molecular formula is C20H21NO3. The van der Waals surface area contributed by atoms with Gasteiger partial charge in [-0.25, -0.2) is 4.79 Å². The Bertz CT molecular complexity index is 865. The molecule has 0 saturated carbocycles. The van der Waals surface area contributed by atoms with Gasteiger partial charge in [0.15, 0.2) is 0 Å². The van der Waals surface area contributed by atoms with E-state index in [0.29, 0.717) is 11.3 Å². The van der Waals surface area contributed by atoms with E-state index in [9.17, 15) is 4.79 Å². The number of esters is 1. The monoisotopic (exact) mass is 323 g/mol. The molecule has 0 atom stereocenters. The Balaban J connectivity index is 2.20. The zero-order valence-electron chi connectivity index (χ0n) is 14.2. The highest BCUT2D eigenvalue weighted by atomic mass is 16.5. The van der Waals surface area contributed by atoms with Crippen molar-refractivity contribution in [1.82, 2.24) is 4.57 Å². The Morgan fingerprint density at radius 2 is 1.83 bits per heavy atom. The zero-order chi connectivity index (χ0) is 17.1. The van der Waals surface area contributed by atoms with Crippen molar-refractivity contribution in [3.63, 3.8) is 0 Å². The SMILES string of the molecule is CCc1cc2c(OC)cc(C(=O)OC)cc2n1Cc1ccccc1. The first kappa shape index (κ1) is 16.1. The predicted molar refractivity (Wildman–Crippen MR) is 94.8 cm³/mol. The fourth-order valence-electron chi connectivity index (χ4n) is 3.03. The quantitative estimate of drug-likeness (QED) is 0.665. The van der Waals surface area contributed by atoms with E-state index in [4.69, 9.17) is 9.47 Å². The van der Waals surface area contributed by atoms with Crippen molar-refractivity contribution in [2.45, 2.75) is 19.9 Å². The molecule has 4 nitrogen and oxygen atoms in total. The smallest absolute Gasteiger partial charge is 0.338 e. The second kappa shape index (κ2) is 6.79. The van der Waals surface area contributed by atoms with Crippen LogP contribution < -0.4 is 4.74 Å². The molecule has 4 heteroatoms. The number of nitrogens with zero attached hydrogens (tertiary/aromatic N) is 1. The molecule has 124 valence electrons. The van der Waals surface area contributed by atoms with Crippen molar-refractivity contribution in [3.05, 3.63) is 65.4 Å². The van der Waals surface area contributed by atoms with Crippen molar-refractivity contribution >= 4 is 16.9 Å². The molecule has 0 fully saturated rings. The van der Waals surface area contributed by atoms with E-state index in [2.05, 4.69) is 29.7 Å². The van der Waals surface area contributed by atoms with Gasteiger partial charge in [-0.05, 0) is 30.2 Å². The van der Waals surface area contributed by atoms with Crippen molar-refractivity contribution in [1.29, 1.82) is 0 Å². The van der Waals surface area contributed by atoms with Gasteiger partial charge in [-0.15, -0.1) is 0 Å². The number of carbonyl (C=O) groups excluding carboxylic acids is 1. The summed E-state index contributed by atoms with van der Waals surface area (Å²) in [7, 11) is 3.01. The minimum atomic E-state index is -0.360. The number of methoxy groups -OCH3 is 2. The van der Waals surface area contributed by atoms with Gasteiger partial charge in [-0.2, -0.15) is 0 Å². The molecule has 0 bridgehead atoms. The van der Waals surface area contributed by atoms with Crippen molar-refractivity contribution < 1.29 is 14.3 Å². The summed E-state index contributed by atoms with van der Waals surface area (Å²) in [5.74, 6) is 0.329. The average molecular weight is 323 g/mol. The summed E-state index contributed by atoms with van der Waals surface area (Å²) in [6, 6.07) is 16.0. The Labute approximate surface area is 141 Å². The van der Waals surface area contributed by atoms with Crippen LogP contribution in [0.25, 0.3) is 10.9 Å². The van der Waals surface area contributed by atoms with Gasteiger partial charge in [-0.3, -0.25) is 0 Å². The molecule has 0 amide bonds. The van der Waals surface area contributed by atoms with Crippen LogP contribution >= 0.6 is 0 Å². The average Bonchev–Trinajstić information content (AvgIpc) is 2.98. The topological polar surface area (TPSA) is 40.5 Å². The Morgan fingerprint density at radius 1 is 1.08 bits per heavy atom. The molecule has 3 rings (SSSR count). The molecule has 2 aromatic carbocycles. The molecule has 0 saturated heterocycles. The lowest BCUT2D eigenvalue weighted by Crippen LogP contribution is -2.05. The van der Waals surface area contributed by atoms with Crippen LogP contribution in [0.4, 0.5) is 0 Å². The second-order valence-electron chi connectivity index (χ2n) is 5.66. The third kappa shape index (κ3) is 2.87. The molecule has 0 unspecified atom stereocenters. The lowest BCUT2D eigenvalue weighted by molar-refractivity contribution is 0.0600. The highest BCUT2D eigenvalue weighted by Gasteiger charge is 2.16. The van der Waals surface area contributed by atoms with Gasteiger partial charge >= 0.3 is 5.97 Å². The lowest BCUT2D eigenvalue weighted by atomic mass is 10.1. The minimum Gasteiger partial charge on any atom is -0.496 e. The standard InChI is InChI=1S/C20H21NO3/c1-4-16-12-17-18(21(16)13-14-8-6-5-7-9-14)10-15(20(22)24-3)11-19(17)23-2/h5-12H,4,13H2,1-3H3. The molecule has 0 aliphatic rings. The van der Waals surface area contributed by atoms with E-state index in [1.165, 1.54) is 18.4 Å². The van der Waals surface area contributed by atoms with Crippen LogP contribution in [0.1, 0.15) is 28.5 Å². The largest absolute Gasteiger partial charge is 0.496 e. The second-order valence-corrected chi connectivity index (χ2v) is 5.66. The zero-order valence-corrected chi connectivity index (χ0v) is 14.2. The van der Waals surface area contributed by atoms with E-state index in [1.807, 2.05) is 24.3 Å². The first-order chi connectivity index (χ1) is 11.7. The number of rotatable bonds is 5. The van der Waals surface area contributed by atoms with Gasteiger partial charge in [0.25, 0.3) is 0 Å². The highest BCUT2D eigenvalue weighted by Crippen LogP contribution is 2.32. The van der Waals surface area contributed by atoms with Gasteiger partial charge in [0.2, 0.25) is 0 Å². The summed E-state index contributed by atoms with van der Waals surface area (Å²) in [4.78, 5) is 12.0. The maximum atomic E-state index is 12.0. The van der Waals surface area contributed by atoms with E-state index in [-0.39, 0.29) is 5.97 Å². The molecule has 0 aliphatic heterocycles. The van der Waals surface area contributed by atoms with Crippen LogP contribution in [0.15, 0.2) is 48.5 Å². The molecule has 0 N–H and O–H groups in total. The Kier molecular flexibility index (Phi) is 4.56. The van der Waals surface area contributed by atoms with Crippen molar-refractivity contribution in [3.8, 4) is 5.75 Å². The van der Waals surface area contributed by atoms with E-state index in [1.54, 1.807) is 13.2 Å². The number of benzene rings is 2. The molecule has 3 aromatic rings. The number of ether oxygens (including phenoxy) is 2. The number of hydrogen-bond acceptors (Lipinski definition) is 3. The molecule has 0 spiro atoms. The Hall–Kier alpha value is -2.75. The summed E-state index contributed by atoms with van der Waals surface area (Å²) < 4.78 is 12.6. The molecule has 1 heterocycles. The van der Waals surface area contributed by atoms with Crippen molar-refractivity contribution in [2.75, 3.05) is 14.2 Å². The first-order valence-electron chi connectivity index (χ1n) is 8.00. The third-order valence-electron chi connectivity index (χ3n) is 4.26. The van der Waals surface area contributed by atoms with E-state index in [0.717, 1.165) is 23.9 Å². The predicted octanol–water partition coefficient (Wildman–Crippen LogP) is 4.05. The lowest BCUT2D eigenvalue weighted by Gasteiger charge is -2.11.